The largest absolute Gasteiger partial charge is 0.465 e. The summed E-state index contributed by atoms with van der Waals surface area (Å²) in [6.45, 7) is 7.50. The Balaban J connectivity index is 3.81. The second kappa shape index (κ2) is 32.4. The first-order valence-electron chi connectivity index (χ1n) is 17.5. The molecule has 0 aromatic rings. The van der Waals surface area contributed by atoms with Gasteiger partial charge in [-0.15, -0.1) is 0 Å². The molecular formula is C36H70O2. The molecule has 0 atom stereocenters. The molecular weight excluding hydrogens is 464 g/mol. The maximum absolute atomic E-state index is 12.3. The summed E-state index contributed by atoms with van der Waals surface area (Å²) in [5.74, 6) is 0.615. The molecule has 0 unspecified atom stereocenters. The average molecular weight is 535 g/mol. The van der Waals surface area contributed by atoms with Gasteiger partial charge in [0.05, 0.1) is 6.61 Å². The van der Waals surface area contributed by atoms with Gasteiger partial charge in [0, 0.05) is 6.42 Å². The van der Waals surface area contributed by atoms with Crippen molar-refractivity contribution >= 4 is 5.97 Å². The Morgan fingerprint density at radius 2 is 0.868 bits per heavy atom. The Bertz CT molecular complexity index is 468. The van der Waals surface area contributed by atoms with Crippen molar-refractivity contribution in [3.8, 4) is 0 Å². The van der Waals surface area contributed by atoms with Crippen molar-refractivity contribution in [1.29, 1.82) is 0 Å². The quantitative estimate of drug-likeness (QED) is 0.0502. The summed E-state index contributed by atoms with van der Waals surface area (Å²) in [7, 11) is 0. The molecule has 0 aliphatic heterocycles. The number of carbonyl (C=O) groups excluding carboxylic acids is 1. The Kier molecular flexibility index (Phi) is 31.7. The maximum Gasteiger partial charge on any atom is 0.305 e. The molecule has 226 valence electrons. The number of unbranched alkanes of at least 4 members (excludes halogenated alkanes) is 21. The Morgan fingerprint density at radius 1 is 0.500 bits per heavy atom. The van der Waals surface area contributed by atoms with E-state index in [1.807, 2.05) is 0 Å². The van der Waals surface area contributed by atoms with E-state index < -0.39 is 0 Å². The minimum absolute atomic E-state index is 0.0403. The van der Waals surface area contributed by atoms with Crippen LogP contribution >= 0.6 is 0 Å². The average Bonchev–Trinajstić information content (AvgIpc) is 2.92. The number of hydrogen-bond acceptors (Lipinski definition) is 2. The molecule has 0 saturated carbocycles. The van der Waals surface area contributed by atoms with Crippen LogP contribution in [-0.2, 0) is 9.53 Å². The van der Waals surface area contributed by atoms with Gasteiger partial charge in [-0.05, 0) is 50.9 Å². The molecule has 0 amide bonds. The Labute approximate surface area is 240 Å². The fourth-order valence-corrected chi connectivity index (χ4v) is 5.36. The summed E-state index contributed by atoms with van der Waals surface area (Å²) in [6.07, 6.45) is 40.8. The van der Waals surface area contributed by atoms with Crippen LogP contribution in [-0.4, -0.2) is 12.6 Å². The summed E-state index contributed by atoms with van der Waals surface area (Å²) >= 11 is 0. The highest BCUT2D eigenvalue weighted by Crippen LogP contribution is 2.20. The lowest BCUT2D eigenvalue weighted by atomic mass is 9.94. The van der Waals surface area contributed by atoms with Crippen LogP contribution in [0.15, 0.2) is 12.2 Å². The van der Waals surface area contributed by atoms with Gasteiger partial charge in [0.1, 0.15) is 0 Å². The molecule has 2 heteroatoms. The number of ether oxygens (including phenoxy) is 1. The van der Waals surface area contributed by atoms with E-state index >= 15 is 0 Å². The van der Waals surface area contributed by atoms with Gasteiger partial charge in [-0.1, -0.05) is 161 Å². The molecule has 0 aliphatic carbocycles. The molecule has 0 rings (SSSR count). The fraction of sp³-hybridized carbons (Fsp3) is 0.917. The van der Waals surface area contributed by atoms with Gasteiger partial charge >= 0.3 is 5.97 Å². The molecule has 0 N–H and O–H groups in total. The maximum atomic E-state index is 12.3. The van der Waals surface area contributed by atoms with Crippen LogP contribution in [0.25, 0.3) is 0 Å². The third kappa shape index (κ3) is 29.8. The minimum atomic E-state index is 0.0403. The highest BCUT2D eigenvalue weighted by Gasteiger charge is 2.12. The van der Waals surface area contributed by atoms with Crippen molar-refractivity contribution in [3.63, 3.8) is 0 Å². The van der Waals surface area contributed by atoms with Gasteiger partial charge in [-0.25, -0.2) is 0 Å². The number of carbonyl (C=O) groups is 1. The summed E-state index contributed by atoms with van der Waals surface area (Å²) in [6, 6.07) is 0. The van der Waals surface area contributed by atoms with Crippen molar-refractivity contribution < 1.29 is 9.53 Å². The van der Waals surface area contributed by atoms with Crippen molar-refractivity contribution in [2.45, 2.75) is 201 Å². The van der Waals surface area contributed by atoms with E-state index in [4.69, 9.17) is 4.74 Å². The van der Waals surface area contributed by atoms with E-state index in [-0.39, 0.29) is 5.97 Å². The zero-order valence-electron chi connectivity index (χ0n) is 26.6. The van der Waals surface area contributed by atoms with Gasteiger partial charge in [0.25, 0.3) is 0 Å². The molecule has 0 aromatic heterocycles. The summed E-state index contributed by atoms with van der Waals surface area (Å²) in [4.78, 5) is 12.3. The molecule has 38 heavy (non-hydrogen) atoms. The fourth-order valence-electron chi connectivity index (χ4n) is 5.36. The van der Waals surface area contributed by atoms with Gasteiger partial charge < -0.3 is 4.74 Å². The molecule has 0 saturated heterocycles. The van der Waals surface area contributed by atoms with Crippen LogP contribution in [0.2, 0.25) is 0 Å². The summed E-state index contributed by atoms with van der Waals surface area (Å²) in [5.41, 5.74) is 0. The number of rotatable bonds is 31. The van der Waals surface area contributed by atoms with Crippen molar-refractivity contribution in [2.75, 3.05) is 6.61 Å². The molecule has 0 aromatic carbocycles. The van der Waals surface area contributed by atoms with Crippen LogP contribution in [0.1, 0.15) is 201 Å². The second-order valence-electron chi connectivity index (χ2n) is 12.0. The van der Waals surface area contributed by atoms with Gasteiger partial charge in [-0.2, -0.15) is 0 Å². The lowest BCUT2D eigenvalue weighted by molar-refractivity contribution is -0.145. The smallest absolute Gasteiger partial charge is 0.305 e. The Hall–Kier alpha value is -0.790. The molecule has 0 radical (unpaired) electrons. The minimum Gasteiger partial charge on any atom is -0.465 e. The van der Waals surface area contributed by atoms with Crippen molar-refractivity contribution in [2.24, 2.45) is 5.92 Å². The first kappa shape index (κ1) is 37.2. The third-order valence-corrected chi connectivity index (χ3v) is 8.05. The lowest BCUT2D eigenvalue weighted by Gasteiger charge is -2.17. The van der Waals surface area contributed by atoms with Crippen molar-refractivity contribution in [1.82, 2.24) is 0 Å². The van der Waals surface area contributed by atoms with E-state index in [9.17, 15) is 4.79 Å². The van der Waals surface area contributed by atoms with Gasteiger partial charge in [0.15, 0.2) is 0 Å². The van der Waals surface area contributed by atoms with Crippen LogP contribution in [0.3, 0.4) is 0 Å². The summed E-state index contributed by atoms with van der Waals surface area (Å²) in [5, 5.41) is 0. The van der Waals surface area contributed by atoms with Crippen molar-refractivity contribution in [3.05, 3.63) is 12.2 Å². The van der Waals surface area contributed by atoms with E-state index in [0.717, 1.165) is 12.8 Å². The molecule has 0 heterocycles. The van der Waals surface area contributed by atoms with Crippen LogP contribution < -0.4 is 0 Å². The highest BCUT2D eigenvalue weighted by molar-refractivity contribution is 5.69. The first-order valence-corrected chi connectivity index (χ1v) is 17.5. The predicted octanol–water partition coefficient (Wildman–Crippen LogP) is 12.7. The van der Waals surface area contributed by atoms with E-state index in [1.54, 1.807) is 0 Å². The third-order valence-electron chi connectivity index (χ3n) is 8.05. The summed E-state index contributed by atoms with van der Waals surface area (Å²) < 4.78 is 5.77. The van der Waals surface area contributed by atoms with E-state index in [2.05, 4.69) is 32.9 Å². The molecule has 0 spiro atoms. The number of esters is 1. The standard InChI is InChI=1S/C36H70O2/c1-4-7-10-13-16-17-18-19-20-21-22-23-24-27-30-33-36(37)38-34-35(31-28-25-14-11-8-5-2)32-29-26-15-12-9-6-3/h19-20,35H,4-18,21-34H2,1-3H3. The Morgan fingerprint density at radius 3 is 1.32 bits per heavy atom. The van der Waals surface area contributed by atoms with E-state index in [0.29, 0.717) is 18.9 Å². The second-order valence-corrected chi connectivity index (χ2v) is 12.0. The van der Waals surface area contributed by atoms with Gasteiger partial charge in [0.2, 0.25) is 0 Å². The normalized spacial score (nSPS) is 11.7. The van der Waals surface area contributed by atoms with Crippen LogP contribution in [0.4, 0.5) is 0 Å². The molecule has 0 fully saturated rings. The van der Waals surface area contributed by atoms with Crippen LogP contribution in [0.5, 0.6) is 0 Å². The highest BCUT2D eigenvalue weighted by atomic mass is 16.5. The number of hydrogen-bond donors (Lipinski definition) is 0. The van der Waals surface area contributed by atoms with Gasteiger partial charge in [-0.3, -0.25) is 4.79 Å². The lowest BCUT2D eigenvalue weighted by Crippen LogP contribution is -2.14. The SMILES string of the molecule is CCCCCCCCC=CCCCCCCCC(=O)OCC(CCCCCCCC)CCCCCCCC. The van der Waals surface area contributed by atoms with Crippen LogP contribution in [0, 0.1) is 5.92 Å². The topological polar surface area (TPSA) is 26.3 Å². The zero-order valence-corrected chi connectivity index (χ0v) is 26.6. The number of allylic oxidation sites excluding steroid dienone is 2. The predicted molar refractivity (Wildman–Crippen MR) is 170 cm³/mol. The van der Waals surface area contributed by atoms with E-state index in [1.165, 1.54) is 161 Å². The molecule has 0 bridgehead atoms. The first-order chi connectivity index (χ1) is 18.7. The monoisotopic (exact) mass is 535 g/mol. The molecule has 2 nitrogen and oxygen atoms in total. The zero-order chi connectivity index (χ0) is 27.8. The molecule has 0 aliphatic rings.